The Kier molecular flexibility index (Phi) is 2.87. The minimum absolute atomic E-state index is 0.0454. The van der Waals surface area contributed by atoms with Crippen LogP contribution in [0.1, 0.15) is 22.7 Å². The fourth-order valence-corrected chi connectivity index (χ4v) is 2.47. The Hall–Kier alpha value is -2.88. The molecule has 0 radical (unpaired) electrons. The summed E-state index contributed by atoms with van der Waals surface area (Å²) < 4.78 is 33.5. The van der Waals surface area contributed by atoms with Crippen LogP contribution in [0.25, 0.3) is 0 Å². The van der Waals surface area contributed by atoms with E-state index in [9.17, 15) is 14.0 Å². The SMILES string of the molecule is Cc1[nH]nc2c1[C@H](c1c(F)cccc1F)C(C#N)=C(N)O2. The molecule has 1 aliphatic heterocycles. The summed E-state index contributed by atoms with van der Waals surface area (Å²) >= 11 is 0. The summed E-state index contributed by atoms with van der Waals surface area (Å²) in [6.45, 7) is 1.68. The Morgan fingerprint density at radius 3 is 2.62 bits per heavy atom. The fourth-order valence-electron chi connectivity index (χ4n) is 2.47. The number of hydrogen-bond donors (Lipinski definition) is 2. The van der Waals surface area contributed by atoms with E-state index in [0.717, 1.165) is 12.1 Å². The smallest absolute Gasteiger partial charge is 0.244 e. The number of nitrogens with one attached hydrogen (secondary N) is 1. The molecular formula is C14H10F2N4O. The summed E-state index contributed by atoms with van der Waals surface area (Å²) in [6.07, 6.45) is 0. The van der Waals surface area contributed by atoms with Crippen molar-refractivity contribution in [2.24, 2.45) is 5.73 Å². The van der Waals surface area contributed by atoms with Gasteiger partial charge in [-0.05, 0) is 19.1 Å². The molecule has 3 N–H and O–H groups in total. The molecule has 3 rings (SSSR count). The number of fused-ring (bicyclic) bond motifs is 1. The first kappa shape index (κ1) is 13.1. The highest BCUT2D eigenvalue weighted by Crippen LogP contribution is 2.43. The lowest BCUT2D eigenvalue weighted by molar-refractivity contribution is 0.376. The molecule has 2 aromatic rings. The standard InChI is InChI=1S/C14H10F2N4O/c1-6-10-11(12-8(15)3-2-4-9(12)16)7(5-17)13(18)21-14(10)20-19-6/h2-4,11H,18H2,1H3,(H,19,20)/t11-/m1/s1. The summed E-state index contributed by atoms with van der Waals surface area (Å²) in [6, 6.07) is 5.40. The quantitative estimate of drug-likeness (QED) is 0.842. The summed E-state index contributed by atoms with van der Waals surface area (Å²) in [5.41, 5.74) is 6.35. The van der Waals surface area contributed by atoms with Crippen molar-refractivity contribution >= 4 is 0 Å². The monoisotopic (exact) mass is 288 g/mol. The van der Waals surface area contributed by atoms with Gasteiger partial charge in [0.25, 0.3) is 0 Å². The van der Waals surface area contributed by atoms with Gasteiger partial charge in [0, 0.05) is 16.8 Å². The summed E-state index contributed by atoms with van der Waals surface area (Å²) in [5, 5.41) is 15.9. The van der Waals surface area contributed by atoms with Crippen LogP contribution in [-0.2, 0) is 0 Å². The Labute approximate surface area is 118 Å². The van der Waals surface area contributed by atoms with Gasteiger partial charge in [-0.2, -0.15) is 5.26 Å². The minimum atomic E-state index is -0.987. The molecule has 0 aliphatic carbocycles. The van der Waals surface area contributed by atoms with Crippen molar-refractivity contribution in [3.63, 3.8) is 0 Å². The number of halogens is 2. The number of allylic oxidation sites excluding steroid dienone is 1. The van der Waals surface area contributed by atoms with Crippen molar-refractivity contribution in [1.29, 1.82) is 5.26 Å². The lowest BCUT2D eigenvalue weighted by atomic mass is 9.83. The van der Waals surface area contributed by atoms with E-state index in [1.807, 2.05) is 6.07 Å². The second-order valence-electron chi connectivity index (χ2n) is 4.63. The van der Waals surface area contributed by atoms with Gasteiger partial charge in [0.05, 0.1) is 5.92 Å². The van der Waals surface area contributed by atoms with Gasteiger partial charge >= 0.3 is 0 Å². The van der Waals surface area contributed by atoms with Crippen molar-refractivity contribution in [2.75, 3.05) is 0 Å². The number of hydrogen-bond acceptors (Lipinski definition) is 4. The predicted molar refractivity (Wildman–Crippen MR) is 69.0 cm³/mol. The summed E-state index contributed by atoms with van der Waals surface area (Å²) in [7, 11) is 0. The highest BCUT2D eigenvalue weighted by molar-refractivity contribution is 5.55. The van der Waals surface area contributed by atoms with E-state index >= 15 is 0 Å². The second kappa shape index (κ2) is 4.59. The van der Waals surface area contributed by atoms with Crippen LogP contribution in [0, 0.1) is 29.9 Å². The van der Waals surface area contributed by atoms with E-state index in [-0.39, 0.29) is 22.9 Å². The topological polar surface area (TPSA) is 87.7 Å². The first-order valence-electron chi connectivity index (χ1n) is 6.11. The zero-order chi connectivity index (χ0) is 15.1. The molecule has 0 fully saturated rings. The number of nitriles is 1. The molecule has 1 aromatic heterocycles. The molecule has 106 valence electrons. The average molecular weight is 288 g/mol. The van der Waals surface area contributed by atoms with Crippen LogP contribution >= 0.6 is 0 Å². The number of H-pyrrole nitrogens is 1. The summed E-state index contributed by atoms with van der Waals surface area (Å²) in [5.74, 6) is -2.58. The number of aromatic nitrogens is 2. The lowest BCUT2D eigenvalue weighted by Crippen LogP contribution is -2.22. The zero-order valence-electron chi connectivity index (χ0n) is 10.9. The number of benzene rings is 1. The Morgan fingerprint density at radius 2 is 2.00 bits per heavy atom. The van der Waals surface area contributed by atoms with Crippen molar-refractivity contribution in [3.8, 4) is 11.9 Å². The fraction of sp³-hybridized carbons (Fsp3) is 0.143. The number of aryl methyl sites for hydroxylation is 1. The molecule has 0 saturated heterocycles. The maximum absolute atomic E-state index is 14.1. The zero-order valence-corrected chi connectivity index (χ0v) is 10.9. The number of rotatable bonds is 1. The van der Waals surface area contributed by atoms with Crippen molar-refractivity contribution in [1.82, 2.24) is 10.2 Å². The van der Waals surface area contributed by atoms with Crippen LogP contribution < -0.4 is 10.5 Å². The van der Waals surface area contributed by atoms with Crippen molar-refractivity contribution in [3.05, 3.63) is 58.1 Å². The van der Waals surface area contributed by atoms with E-state index in [4.69, 9.17) is 10.5 Å². The molecule has 0 bridgehead atoms. The van der Waals surface area contributed by atoms with Crippen LogP contribution in [0.2, 0.25) is 0 Å². The average Bonchev–Trinajstić information content (AvgIpc) is 2.79. The molecule has 0 spiro atoms. The first-order valence-corrected chi connectivity index (χ1v) is 6.11. The van der Waals surface area contributed by atoms with Crippen LogP contribution in [-0.4, -0.2) is 10.2 Å². The van der Waals surface area contributed by atoms with E-state index in [1.165, 1.54) is 6.07 Å². The molecule has 21 heavy (non-hydrogen) atoms. The molecule has 2 heterocycles. The Balaban J connectivity index is 2.33. The number of ether oxygens (including phenoxy) is 1. The number of nitrogens with zero attached hydrogens (tertiary/aromatic N) is 2. The van der Waals surface area contributed by atoms with Gasteiger partial charge in [0.15, 0.2) is 0 Å². The van der Waals surface area contributed by atoms with Gasteiger partial charge in [-0.25, -0.2) is 8.78 Å². The van der Waals surface area contributed by atoms with Gasteiger partial charge < -0.3 is 10.5 Å². The molecule has 1 atom stereocenters. The van der Waals surface area contributed by atoms with Crippen LogP contribution in [0.5, 0.6) is 5.88 Å². The van der Waals surface area contributed by atoms with Crippen molar-refractivity contribution in [2.45, 2.75) is 12.8 Å². The van der Waals surface area contributed by atoms with Crippen LogP contribution in [0.15, 0.2) is 29.7 Å². The predicted octanol–water partition coefficient (Wildman–Crippen LogP) is 2.21. The molecule has 1 aliphatic rings. The Morgan fingerprint density at radius 1 is 1.33 bits per heavy atom. The third-order valence-corrected chi connectivity index (χ3v) is 3.42. The van der Waals surface area contributed by atoms with E-state index < -0.39 is 17.6 Å². The summed E-state index contributed by atoms with van der Waals surface area (Å²) in [4.78, 5) is 0. The van der Waals surface area contributed by atoms with Gasteiger partial charge in [0.1, 0.15) is 23.3 Å². The van der Waals surface area contributed by atoms with E-state index in [0.29, 0.717) is 11.3 Å². The maximum atomic E-state index is 14.1. The second-order valence-corrected chi connectivity index (χ2v) is 4.63. The van der Waals surface area contributed by atoms with Gasteiger partial charge in [-0.1, -0.05) is 6.07 Å². The van der Waals surface area contributed by atoms with Gasteiger partial charge in [0.2, 0.25) is 11.8 Å². The van der Waals surface area contributed by atoms with Crippen LogP contribution in [0.3, 0.4) is 0 Å². The maximum Gasteiger partial charge on any atom is 0.244 e. The van der Waals surface area contributed by atoms with Gasteiger partial charge in [-0.3, -0.25) is 5.10 Å². The normalized spacial score (nSPS) is 17.1. The Bertz CT molecular complexity index is 784. The van der Waals surface area contributed by atoms with Crippen molar-refractivity contribution < 1.29 is 13.5 Å². The first-order chi connectivity index (χ1) is 10.0. The molecule has 7 heteroatoms. The van der Waals surface area contributed by atoms with E-state index in [2.05, 4.69) is 10.2 Å². The minimum Gasteiger partial charge on any atom is -0.420 e. The largest absolute Gasteiger partial charge is 0.420 e. The highest BCUT2D eigenvalue weighted by atomic mass is 19.1. The third kappa shape index (κ3) is 1.84. The highest BCUT2D eigenvalue weighted by Gasteiger charge is 2.37. The lowest BCUT2D eigenvalue weighted by Gasteiger charge is -2.24. The number of aromatic amines is 1. The van der Waals surface area contributed by atoms with Crippen LogP contribution in [0.4, 0.5) is 8.78 Å². The molecule has 0 amide bonds. The van der Waals surface area contributed by atoms with Gasteiger partial charge in [-0.15, -0.1) is 5.10 Å². The molecule has 5 nitrogen and oxygen atoms in total. The number of nitrogens with two attached hydrogens (primary N) is 1. The molecular weight excluding hydrogens is 278 g/mol. The molecule has 0 saturated carbocycles. The molecule has 0 unspecified atom stereocenters. The van der Waals surface area contributed by atoms with E-state index in [1.54, 1.807) is 6.92 Å². The third-order valence-electron chi connectivity index (χ3n) is 3.42. The molecule has 1 aromatic carbocycles.